The highest BCUT2D eigenvalue weighted by Crippen LogP contribution is 2.20. The van der Waals surface area contributed by atoms with Gasteiger partial charge in [-0.2, -0.15) is 4.98 Å². The molecule has 3 aromatic rings. The van der Waals surface area contributed by atoms with Crippen molar-refractivity contribution in [2.75, 3.05) is 33.3 Å². The van der Waals surface area contributed by atoms with E-state index in [-0.39, 0.29) is 5.91 Å². The summed E-state index contributed by atoms with van der Waals surface area (Å²) in [4.78, 5) is 21.2. The average Bonchev–Trinajstić information content (AvgIpc) is 3.27. The normalized spacial score (nSPS) is 14.6. The molecule has 0 spiro atoms. The quantitative estimate of drug-likeness (QED) is 0.601. The smallest absolute Gasteiger partial charge is 0.241 e. The van der Waals surface area contributed by atoms with Crippen LogP contribution in [0, 0.1) is 0 Å². The number of carbonyl (C=O) groups excluding carboxylic acids is 1. The number of hydrogen-bond acceptors (Lipinski definition) is 6. The fraction of sp³-hybridized carbons (Fsp3) is 0.348. The Labute approximate surface area is 176 Å². The first kappa shape index (κ1) is 20.1. The first-order chi connectivity index (χ1) is 14.7. The van der Waals surface area contributed by atoms with Crippen LogP contribution in [0.4, 0.5) is 0 Å². The molecule has 4 rings (SSSR count). The fourth-order valence-electron chi connectivity index (χ4n) is 3.58. The van der Waals surface area contributed by atoms with E-state index < -0.39 is 0 Å². The predicted molar refractivity (Wildman–Crippen MR) is 113 cm³/mol. The molecule has 0 atom stereocenters. The number of methoxy groups -OCH3 is 1. The summed E-state index contributed by atoms with van der Waals surface area (Å²) in [5.74, 6) is 2.17. The molecule has 0 bridgehead atoms. The summed E-state index contributed by atoms with van der Waals surface area (Å²) in [5.41, 5.74) is 2.09. The molecule has 1 saturated heterocycles. The van der Waals surface area contributed by atoms with Gasteiger partial charge < -0.3 is 14.2 Å². The highest BCUT2D eigenvalue weighted by molar-refractivity contribution is 5.76. The van der Waals surface area contributed by atoms with Crippen LogP contribution in [0.15, 0.2) is 59.1 Å². The highest BCUT2D eigenvalue weighted by Gasteiger charge is 2.22. The van der Waals surface area contributed by atoms with Gasteiger partial charge in [-0.1, -0.05) is 35.5 Å². The Morgan fingerprint density at radius 3 is 2.47 bits per heavy atom. The van der Waals surface area contributed by atoms with Crippen molar-refractivity contribution in [1.82, 2.24) is 19.9 Å². The zero-order chi connectivity index (χ0) is 20.8. The van der Waals surface area contributed by atoms with Gasteiger partial charge in [-0.05, 0) is 36.2 Å². The van der Waals surface area contributed by atoms with Crippen molar-refractivity contribution in [1.29, 1.82) is 0 Å². The number of rotatable bonds is 7. The lowest BCUT2D eigenvalue weighted by molar-refractivity contribution is -0.133. The summed E-state index contributed by atoms with van der Waals surface area (Å²) >= 11 is 0. The van der Waals surface area contributed by atoms with Crippen molar-refractivity contribution in [3.8, 4) is 17.1 Å². The van der Waals surface area contributed by atoms with Gasteiger partial charge in [0.1, 0.15) is 5.75 Å². The van der Waals surface area contributed by atoms with E-state index in [0.29, 0.717) is 24.7 Å². The Morgan fingerprint density at radius 2 is 1.77 bits per heavy atom. The molecule has 1 fully saturated rings. The third kappa shape index (κ3) is 5.04. The van der Waals surface area contributed by atoms with Gasteiger partial charge in [0.2, 0.25) is 17.6 Å². The standard InChI is InChI=1S/C23H26N4O3/c1-29-20-10-8-19(9-11-20)23-24-21(30-25-23)17-26-13-15-27(16-14-26)22(28)12-7-18-5-3-2-4-6-18/h2-6,8-11H,7,12-17H2,1H3. The summed E-state index contributed by atoms with van der Waals surface area (Å²) < 4.78 is 10.6. The maximum atomic E-state index is 12.5. The molecule has 1 aliphatic heterocycles. The molecular weight excluding hydrogens is 380 g/mol. The van der Waals surface area contributed by atoms with Crippen LogP contribution in [0.2, 0.25) is 0 Å². The lowest BCUT2D eigenvalue weighted by Gasteiger charge is -2.34. The SMILES string of the molecule is COc1ccc(-c2noc(CN3CCN(C(=O)CCc4ccccc4)CC3)n2)cc1. The maximum Gasteiger partial charge on any atom is 0.241 e. The van der Waals surface area contributed by atoms with Crippen LogP contribution < -0.4 is 4.74 Å². The van der Waals surface area contributed by atoms with E-state index in [4.69, 9.17) is 9.26 Å². The lowest BCUT2D eigenvalue weighted by Crippen LogP contribution is -2.48. The minimum absolute atomic E-state index is 0.220. The summed E-state index contributed by atoms with van der Waals surface area (Å²) in [6.45, 7) is 3.66. The second-order valence-corrected chi connectivity index (χ2v) is 7.38. The van der Waals surface area contributed by atoms with E-state index in [9.17, 15) is 4.79 Å². The zero-order valence-corrected chi connectivity index (χ0v) is 17.2. The Morgan fingerprint density at radius 1 is 1.03 bits per heavy atom. The highest BCUT2D eigenvalue weighted by atomic mass is 16.5. The molecule has 0 saturated carbocycles. The Hall–Kier alpha value is -3.19. The number of aromatic nitrogens is 2. The number of nitrogens with zero attached hydrogens (tertiary/aromatic N) is 4. The van der Waals surface area contributed by atoms with Gasteiger partial charge in [0.15, 0.2) is 0 Å². The van der Waals surface area contributed by atoms with Crippen molar-refractivity contribution < 1.29 is 14.1 Å². The molecule has 0 aliphatic carbocycles. The minimum atomic E-state index is 0.220. The van der Waals surface area contributed by atoms with E-state index in [1.54, 1.807) is 7.11 Å². The molecule has 2 aromatic carbocycles. The van der Waals surface area contributed by atoms with Gasteiger partial charge >= 0.3 is 0 Å². The number of aryl methyl sites for hydroxylation is 1. The molecule has 0 radical (unpaired) electrons. The topological polar surface area (TPSA) is 71.7 Å². The molecule has 1 amide bonds. The van der Waals surface area contributed by atoms with E-state index >= 15 is 0 Å². The van der Waals surface area contributed by atoms with Gasteiger partial charge in [-0.3, -0.25) is 9.69 Å². The van der Waals surface area contributed by atoms with Gasteiger partial charge in [0, 0.05) is 38.2 Å². The fourth-order valence-corrected chi connectivity index (χ4v) is 3.58. The van der Waals surface area contributed by atoms with Crippen molar-refractivity contribution in [3.05, 3.63) is 66.1 Å². The third-order valence-electron chi connectivity index (χ3n) is 5.37. The zero-order valence-electron chi connectivity index (χ0n) is 17.2. The van der Waals surface area contributed by atoms with Crippen LogP contribution in [0.25, 0.3) is 11.4 Å². The monoisotopic (exact) mass is 406 g/mol. The summed E-state index contributed by atoms with van der Waals surface area (Å²) in [6, 6.07) is 17.7. The van der Waals surface area contributed by atoms with E-state index in [2.05, 4.69) is 27.2 Å². The van der Waals surface area contributed by atoms with Crippen LogP contribution in [0.1, 0.15) is 17.9 Å². The number of amides is 1. The second-order valence-electron chi connectivity index (χ2n) is 7.38. The summed E-state index contributed by atoms with van der Waals surface area (Å²) in [6.07, 6.45) is 1.34. The van der Waals surface area contributed by atoms with E-state index in [1.165, 1.54) is 5.56 Å². The Kier molecular flexibility index (Phi) is 6.39. The molecule has 0 unspecified atom stereocenters. The number of carbonyl (C=O) groups is 1. The number of piperazine rings is 1. The molecular formula is C23H26N4O3. The number of hydrogen-bond donors (Lipinski definition) is 0. The largest absolute Gasteiger partial charge is 0.497 e. The molecule has 7 nitrogen and oxygen atoms in total. The van der Waals surface area contributed by atoms with Gasteiger partial charge in [-0.25, -0.2) is 0 Å². The van der Waals surface area contributed by atoms with Crippen LogP contribution in [-0.4, -0.2) is 59.1 Å². The number of benzene rings is 2. The van der Waals surface area contributed by atoms with E-state index in [0.717, 1.165) is 43.9 Å². The molecule has 30 heavy (non-hydrogen) atoms. The first-order valence-electron chi connectivity index (χ1n) is 10.2. The molecule has 2 heterocycles. The summed E-state index contributed by atoms with van der Waals surface area (Å²) in [7, 11) is 1.64. The van der Waals surface area contributed by atoms with Gasteiger partial charge in [0.25, 0.3) is 0 Å². The summed E-state index contributed by atoms with van der Waals surface area (Å²) in [5, 5.41) is 4.09. The first-order valence-corrected chi connectivity index (χ1v) is 10.2. The molecule has 156 valence electrons. The molecule has 0 N–H and O–H groups in total. The molecule has 1 aliphatic rings. The van der Waals surface area contributed by atoms with Crippen molar-refractivity contribution in [2.45, 2.75) is 19.4 Å². The Bertz CT molecular complexity index is 948. The third-order valence-corrected chi connectivity index (χ3v) is 5.37. The molecule has 1 aromatic heterocycles. The van der Waals surface area contributed by atoms with Crippen molar-refractivity contribution in [3.63, 3.8) is 0 Å². The van der Waals surface area contributed by atoms with Crippen LogP contribution in [-0.2, 0) is 17.8 Å². The second kappa shape index (κ2) is 9.54. The maximum absolute atomic E-state index is 12.5. The van der Waals surface area contributed by atoms with Crippen molar-refractivity contribution in [2.24, 2.45) is 0 Å². The predicted octanol–water partition coefficient (Wildman–Crippen LogP) is 3.02. The number of ether oxygens (including phenoxy) is 1. The molecule has 7 heteroatoms. The average molecular weight is 406 g/mol. The van der Waals surface area contributed by atoms with E-state index in [1.807, 2.05) is 47.4 Å². The van der Waals surface area contributed by atoms with Gasteiger partial charge in [-0.15, -0.1) is 0 Å². The van der Waals surface area contributed by atoms with Crippen LogP contribution in [0.5, 0.6) is 5.75 Å². The van der Waals surface area contributed by atoms with Crippen LogP contribution in [0.3, 0.4) is 0 Å². The van der Waals surface area contributed by atoms with Crippen LogP contribution >= 0.6 is 0 Å². The van der Waals surface area contributed by atoms with Gasteiger partial charge in [0.05, 0.1) is 13.7 Å². The Balaban J connectivity index is 1.24. The van der Waals surface area contributed by atoms with Crippen molar-refractivity contribution >= 4 is 5.91 Å². The lowest BCUT2D eigenvalue weighted by atomic mass is 10.1. The minimum Gasteiger partial charge on any atom is -0.497 e.